The maximum absolute atomic E-state index is 13.0. The lowest BCUT2D eigenvalue weighted by atomic mass is 10.0. The van der Waals surface area contributed by atoms with Crippen LogP contribution in [-0.4, -0.2) is 77.9 Å². The number of oxime groups is 1. The van der Waals surface area contributed by atoms with Crippen LogP contribution >= 0.6 is 0 Å². The Hall–Kier alpha value is -3.66. The zero-order valence-corrected chi connectivity index (χ0v) is 21.8. The van der Waals surface area contributed by atoms with E-state index >= 15 is 0 Å². The molecule has 2 heterocycles. The van der Waals surface area contributed by atoms with Gasteiger partial charge in [0, 0.05) is 30.1 Å². The lowest BCUT2D eigenvalue weighted by molar-refractivity contribution is -0.0572. The predicted molar refractivity (Wildman–Crippen MR) is 135 cm³/mol. The van der Waals surface area contributed by atoms with Crippen molar-refractivity contribution < 1.29 is 23.9 Å². The monoisotopic (exact) mass is 501 g/mol. The molecule has 1 saturated heterocycles. The maximum atomic E-state index is 13.0. The molecular formula is C24H35N7O5. The van der Waals surface area contributed by atoms with Gasteiger partial charge in [0.05, 0.1) is 25.3 Å². The molecule has 1 aromatic rings. The van der Waals surface area contributed by atoms with Gasteiger partial charge in [0.2, 0.25) is 0 Å². The van der Waals surface area contributed by atoms with Crippen LogP contribution in [0.1, 0.15) is 53.5 Å². The summed E-state index contributed by atoms with van der Waals surface area (Å²) in [6, 6.07) is 7.85. The fourth-order valence-electron chi connectivity index (χ4n) is 3.74. The summed E-state index contributed by atoms with van der Waals surface area (Å²) >= 11 is 0. The van der Waals surface area contributed by atoms with E-state index in [1.165, 1.54) is 10.0 Å². The fraction of sp³-hybridized carbons (Fsp3) is 0.625. The molecule has 0 radical (unpaired) electrons. The van der Waals surface area contributed by atoms with Gasteiger partial charge in [-0.25, -0.2) is 19.6 Å². The van der Waals surface area contributed by atoms with Gasteiger partial charge in [0.1, 0.15) is 17.3 Å². The summed E-state index contributed by atoms with van der Waals surface area (Å²) in [4.78, 5) is 36.1. The molecule has 0 saturated carbocycles. The van der Waals surface area contributed by atoms with Gasteiger partial charge in [-0.2, -0.15) is 0 Å². The molecule has 3 rings (SSSR count). The van der Waals surface area contributed by atoms with Gasteiger partial charge in [0.25, 0.3) is 0 Å². The van der Waals surface area contributed by atoms with Crippen LogP contribution in [0.2, 0.25) is 0 Å². The number of anilines is 1. The summed E-state index contributed by atoms with van der Waals surface area (Å²) in [5.74, 6) is 0. The topological polar surface area (TPSA) is 133 Å². The van der Waals surface area contributed by atoms with E-state index in [1.807, 2.05) is 24.3 Å². The van der Waals surface area contributed by atoms with Crippen LogP contribution in [0.3, 0.4) is 0 Å². The third-order valence-corrected chi connectivity index (χ3v) is 5.31. The molecule has 36 heavy (non-hydrogen) atoms. The molecule has 0 bridgehead atoms. The molecule has 0 aliphatic carbocycles. The molecule has 196 valence electrons. The average molecular weight is 502 g/mol. The van der Waals surface area contributed by atoms with E-state index in [0.717, 1.165) is 17.0 Å². The number of rotatable bonds is 4. The van der Waals surface area contributed by atoms with Gasteiger partial charge < -0.3 is 19.2 Å². The minimum Gasteiger partial charge on any atom is -0.442 e. The Morgan fingerprint density at radius 1 is 1.00 bits per heavy atom. The summed E-state index contributed by atoms with van der Waals surface area (Å²) in [6.45, 7) is 12.4. The van der Waals surface area contributed by atoms with Crippen LogP contribution in [0.5, 0.6) is 0 Å². The summed E-state index contributed by atoms with van der Waals surface area (Å²) in [7, 11) is 0. The van der Waals surface area contributed by atoms with Crippen molar-refractivity contribution in [2.45, 2.75) is 65.3 Å². The largest absolute Gasteiger partial charge is 0.442 e. The van der Waals surface area contributed by atoms with Gasteiger partial charge in [-0.1, -0.05) is 22.4 Å². The molecule has 0 aromatic heterocycles. The van der Waals surface area contributed by atoms with Crippen molar-refractivity contribution in [3.8, 4) is 0 Å². The first-order valence-electron chi connectivity index (χ1n) is 12.0. The van der Waals surface area contributed by atoms with Crippen molar-refractivity contribution >= 4 is 23.6 Å². The van der Waals surface area contributed by atoms with Crippen LogP contribution in [0, 0.1) is 0 Å². The molecule has 1 atom stereocenters. The number of hydrazine groups is 1. The van der Waals surface area contributed by atoms with E-state index in [2.05, 4.69) is 20.1 Å². The standard InChI is InChI=1S/C24H35N7O5/c1-23(2,3)34-21(32)30-13-11-29(12-14-31(30)22(33)35-24(4,5)6)18-9-7-17(8-10-18)20-15-19(36-27-20)16-26-28-25/h7-10,19H,11-16H2,1-6H3. The second-order valence-electron chi connectivity index (χ2n) is 10.6. The van der Waals surface area contributed by atoms with Crippen LogP contribution in [0.25, 0.3) is 10.4 Å². The first kappa shape index (κ1) is 26.9. The molecule has 1 aromatic carbocycles. The normalized spacial score (nSPS) is 18.6. The maximum Gasteiger partial charge on any atom is 0.429 e. The molecule has 0 N–H and O–H groups in total. The lowest BCUT2D eigenvalue weighted by Crippen LogP contribution is -2.53. The minimum absolute atomic E-state index is 0.234. The Labute approximate surface area is 211 Å². The molecule has 2 aliphatic rings. The highest BCUT2D eigenvalue weighted by Gasteiger charge is 2.35. The highest BCUT2D eigenvalue weighted by Crippen LogP contribution is 2.23. The van der Waals surface area contributed by atoms with Crippen LogP contribution < -0.4 is 4.90 Å². The number of hydrogen-bond donors (Lipinski definition) is 0. The van der Waals surface area contributed by atoms with E-state index in [-0.39, 0.29) is 25.7 Å². The van der Waals surface area contributed by atoms with E-state index in [0.29, 0.717) is 19.5 Å². The zero-order valence-electron chi connectivity index (χ0n) is 21.8. The van der Waals surface area contributed by atoms with Gasteiger partial charge >= 0.3 is 12.2 Å². The Kier molecular flexibility index (Phi) is 8.19. The number of azide groups is 1. The summed E-state index contributed by atoms with van der Waals surface area (Å²) in [6.07, 6.45) is -0.878. The van der Waals surface area contributed by atoms with Crippen molar-refractivity contribution in [3.63, 3.8) is 0 Å². The van der Waals surface area contributed by atoms with E-state index in [4.69, 9.17) is 19.8 Å². The molecular weight excluding hydrogens is 466 g/mol. The van der Waals surface area contributed by atoms with Crippen LogP contribution in [0.4, 0.5) is 15.3 Å². The van der Waals surface area contributed by atoms with E-state index in [1.54, 1.807) is 41.5 Å². The molecule has 2 aliphatic heterocycles. The zero-order chi connectivity index (χ0) is 26.5. The van der Waals surface area contributed by atoms with Gasteiger partial charge in [-0.15, -0.1) is 0 Å². The van der Waals surface area contributed by atoms with Crippen LogP contribution in [0.15, 0.2) is 34.5 Å². The summed E-state index contributed by atoms with van der Waals surface area (Å²) in [5.41, 5.74) is 9.73. The van der Waals surface area contributed by atoms with Gasteiger partial charge in [0.15, 0.2) is 0 Å². The van der Waals surface area contributed by atoms with Crippen molar-refractivity contribution in [1.82, 2.24) is 10.0 Å². The number of nitrogens with zero attached hydrogens (tertiary/aromatic N) is 7. The number of hydrogen-bond acceptors (Lipinski definition) is 8. The Bertz CT molecular complexity index is 985. The van der Waals surface area contributed by atoms with Gasteiger partial charge in [-0.3, -0.25) is 0 Å². The number of ether oxygens (including phenoxy) is 2. The van der Waals surface area contributed by atoms with E-state index in [9.17, 15) is 9.59 Å². The Morgan fingerprint density at radius 3 is 2.00 bits per heavy atom. The van der Waals surface area contributed by atoms with Crippen molar-refractivity contribution in [3.05, 3.63) is 40.3 Å². The first-order chi connectivity index (χ1) is 16.9. The first-order valence-corrected chi connectivity index (χ1v) is 12.0. The summed E-state index contributed by atoms with van der Waals surface area (Å²) in [5, 5.41) is 10.3. The van der Waals surface area contributed by atoms with Gasteiger partial charge in [-0.05, 0) is 64.8 Å². The molecule has 12 nitrogen and oxygen atoms in total. The van der Waals surface area contributed by atoms with E-state index < -0.39 is 23.4 Å². The number of carbonyl (C=O) groups excluding carboxylic acids is 2. The second kappa shape index (κ2) is 10.9. The minimum atomic E-state index is -0.703. The number of benzene rings is 1. The Morgan fingerprint density at radius 2 is 1.53 bits per heavy atom. The average Bonchev–Trinajstić information content (AvgIpc) is 3.13. The predicted octanol–water partition coefficient (Wildman–Crippen LogP) is 4.70. The van der Waals surface area contributed by atoms with Crippen molar-refractivity contribution in [2.24, 2.45) is 10.3 Å². The smallest absolute Gasteiger partial charge is 0.429 e. The second-order valence-corrected chi connectivity index (χ2v) is 10.6. The SMILES string of the molecule is CC(C)(C)OC(=O)N1CCN(c2ccc(C3=NOC(CN=[N+]=[N-])C3)cc2)CCN1C(=O)OC(C)(C)C. The highest BCUT2D eigenvalue weighted by atomic mass is 16.6. The summed E-state index contributed by atoms with van der Waals surface area (Å²) < 4.78 is 11.1. The quantitative estimate of drug-likeness (QED) is 0.334. The van der Waals surface area contributed by atoms with Crippen molar-refractivity contribution in [1.29, 1.82) is 0 Å². The third kappa shape index (κ3) is 7.42. The molecule has 1 fully saturated rings. The lowest BCUT2D eigenvalue weighted by Gasteiger charge is -2.35. The Balaban J connectivity index is 1.72. The number of carbonyl (C=O) groups is 2. The third-order valence-electron chi connectivity index (χ3n) is 5.31. The number of amides is 2. The van der Waals surface area contributed by atoms with Crippen molar-refractivity contribution in [2.75, 3.05) is 37.6 Å². The van der Waals surface area contributed by atoms with Crippen LogP contribution in [-0.2, 0) is 14.3 Å². The fourth-order valence-corrected chi connectivity index (χ4v) is 3.74. The molecule has 1 unspecified atom stereocenters. The highest BCUT2D eigenvalue weighted by molar-refractivity contribution is 6.01. The molecule has 12 heteroatoms. The molecule has 2 amide bonds. The molecule has 0 spiro atoms.